The molecule has 0 spiro atoms. The summed E-state index contributed by atoms with van der Waals surface area (Å²) in [5.74, 6) is 0.0925. The lowest BCUT2D eigenvalue weighted by Crippen LogP contribution is -2.28. The second kappa shape index (κ2) is 6.44. The standard InChI is InChI=1S/C10H15BrN2O3S/c1-8(2-3-14)5-13-17(15,16)10-4-9(11)6-12-7-10/h4,6-8,13-14H,2-3,5H2,1H3. The number of aliphatic hydroxyl groups excluding tert-OH is 1. The molecule has 0 amide bonds. The average Bonchev–Trinajstić information content (AvgIpc) is 2.27. The van der Waals surface area contributed by atoms with E-state index in [2.05, 4.69) is 25.6 Å². The molecule has 7 heteroatoms. The minimum Gasteiger partial charge on any atom is -0.396 e. The summed E-state index contributed by atoms with van der Waals surface area (Å²) in [5.41, 5.74) is 0. The number of aromatic nitrogens is 1. The molecule has 1 heterocycles. The van der Waals surface area contributed by atoms with Crippen molar-refractivity contribution in [3.8, 4) is 0 Å². The van der Waals surface area contributed by atoms with Crippen LogP contribution in [0.25, 0.3) is 0 Å². The Bertz CT molecular complexity index is 464. The number of sulfonamides is 1. The van der Waals surface area contributed by atoms with Crippen molar-refractivity contribution in [3.63, 3.8) is 0 Å². The van der Waals surface area contributed by atoms with Gasteiger partial charge < -0.3 is 5.11 Å². The van der Waals surface area contributed by atoms with Crippen LogP contribution < -0.4 is 4.72 Å². The predicted molar refractivity (Wildman–Crippen MR) is 68.0 cm³/mol. The maximum absolute atomic E-state index is 11.9. The van der Waals surface area contributed by atoms with E-state index in [1.54, 1.807) is 0 Å². The van der Waals surface area contributed by atoms with Gasteiger partial charge in [-0.2, -0.15) is 0 Å². The van der Waals surface area contributed by atoms with Gasteiger partial charge in [0.05, 0.1) is 0 Å². The molecule has 1 rings (SSSR count). The minimum absolute atomic E-state index is 0.0569. The molecular formula is C10H15BrN2O3S. The second-order valence-electron chi connectivity index (χ2n) is 3.81. The zero-order valence-electron chi connectivity index (χ0n) is 9.43. The van der Waals surface area contributed by atoms with Crippen LogP contribution in [0.2, 0.25) is 0 Å². The smallest absolute Gasteiger partial charge is 0.242 e. The second-order valence-corrected chi connectivity index (χ2v) is 6.49. The fourth-order valence-corrected chi connectivity index (χ4v) is 2.87. The summed E-state index contributed by atoms with van der Waals surface area (Å²) >= 11 is 3.17. The number of rotatable bonds is 6. The highest BCUT2D eigenvalue weighted by Gasteiger charge is 2.15. The van der Waals surface area contributed by atoms with E-state index < -0.39 is 10.0 Å². The summed E-state index contributed by atoms with van der Waals surface area (Å²) in [4.78, 5) is 3.94. The first-order valence-corrected chi connectivity index (χ1v) is 7.44. The van der Waals surface area contributed by atoms with Gasteiger partial charge in [0.15, 0.2) is 0 Å². The van der Waals surface area contributed by atoms with Crippen molar-refractivity contribution in [1.82, 2.24) is 9.71 Å². The van der Waals surface area contributed by atoms with Crippen LogP contribution in [0.1, 0.15) is 13.3 Å². The van der Waals surface area contributed by atoms with Crippen LogP contribution in [0.15, 0.2) is 27.8 Å². The lowest BCUT2D eigenvalue weighted by molar-refractivity contribution is 0.263. The summed E-state index contributed by atoms with van der Waals surface area (Å²) in [6.45, 7) is 2.23. The van der Waals surface area contributed by atoms with Gasteiger partial charge in [-0.15, -0.1) is 0 Å². The van der Waals surface area contributed by atoms with E-state index in [0.29, 0.717) is 17.4 Å². The molecule has 1 atom stereocenters. The first kappa shape index (κ1) is 14.6. The van der Waals surface area contributed by atoms with Gasteiger partial charge in [0.25, 0.3) is 0 Å². The van der Waals surface area contributed by atoms with Gasteiger partial charge in [-0.25, -0.2) is 13.1 Å². The zero-order valence-corrected chi connectivity index (χ0v) is 11.8. The van der Waals surface area contributed by atoms with Crippen molar-refractivity contribution in [1.29, 1.82) is 0 Å². The highest BCUT2D eigenvalue weighted by molar-refractivity contribution is 9.10. The monoisotopic (exact) mass is 322 g/mol. The summed E-state index contributed by atoms with van der Waals surface area (Å²) in [7, 11) is -3.52. The van der Waals surface area contributed by atoms with Crippen molar-refractivity contribution in [2.75, 3.05) is 13.2 Å². The van der Waals surface area contributed by atoms with Gasteiger partial charge in [0.2, 0.25) is 10.0 Å². The summed E-state index contributed by atoms with van der Waals surface area (Å²) in [6, 6.07) is 1.49. The van der Waals surface area contributed by atoms with E-state index >= 15 is 0 Å². The molecule has 0 aliphatic rings. The Balaban J connectivity index is 2.69. The Kier molecular flexibility index (Phi) is 5.51. The van der Waals surface area contributed by atoms with Crippen LogP contribution in [0.4, 0.5) is 0 Å². The number of hydrogen-bond donors (Lipinski definition) is 2. The first-order chi connectivity index (χ1) is 7.95. The number of nitrogens with one attached hydrogen (secondary N) is 1. The molecule has 96 valence electrons. The highest BCUT2D eigenvalue weighted by Crippen LogP contribution is 2.14. The van der Waals surface area contributed by atoms with E-state index in [4.69, 9.17) is 5.11 Å². The Morgan fingerprint density at radius 1 is 1.53 bits per heavy atom. The topological polar surface area (TPSA) is 79.3 Å². The van der Waals surface area contributed by atoms with Crippen molar-refractivity contribution >= 4 is 26.0 Å². The lowest BCUT2D eigenvalue weighted by atomic mass is 10.1. The molecule has 5 nitrogen and oxygen atoms in total. The molecule has 0 bridgehead atoms. The number of nitrogens with zero attached hydrogens (tertiary/aromatic N) is 1. The molecule has 0 aromatic carbocycles. The summed E-state index contributed by atoms with van der Waals surface area (Å²) in [6.07, 6.45) is 3.39. The number of halogens is 1. The lowest BCUT2D eigenvalue weighted by Gasteiger charge is -2.11. The van der Waals surface area contributed by atoms with Crippen molar-refractivity contribution in [3.05, 3.63) is 22.9 Å². The molecule has 0 saturated heterocycles. The van der Waals surface area contributed by atoms with E-state index in [1.165, 1.54) is 18.5 Å². The predicted octanol–water partition coefficient (Wildman–Crippen LogP) is 1.14. The third kappa shape index (κ3) is 4.71. The van der Waals surface area contributed by atoms with Gasteiger partial charge in [0.1, 0.15) is 4.90 Å². The molecular weight excluding hydrogens is 308 g/mol. The fourth-order valence-electron chi connectivity index (χ4n) is 1.20. The molecule has 2 N–H and O–H groups in total. The Morgan fingerprint density at radius 3 is 2.82 bits per heavy atom. The summed E-state index contributed by atoms with van der Waals surface area (Å²) in [5, 5.41) is 8.73. The van der Waals surface area contributed by atoms with Gasteiger partial charge in [-0.3, -0.25) is 4.98 Å². The summed E-state index contributed by atoms with van der Waals surface area (Å²) < 4.78 is 26.8. The Labute approximate surface area is 109 Å². The third-order valence-electron chi connectivity index (χ3n) is 2.23. The van der Waals surface area contributed by atoms with Gasteiger partial charge in [0, 0.05) is 30.0 Å². The fraction of sp³-hybridized carbons (Fsp3) is 0.500. The van der Waals surface area contributed by atoms with Crippen LogP contribution in [0.3, 0.4) is 0 Å². The Morgan fingerprint density at radius 2 is 2.24 bits per heavy atom. The zero-order chi connectivity index (χ0) is 12.9. The molecule has 1 aromatic heterocycles. The average molecular weight is 323 g/mol. The Hall–Kier alpha value is -0.500. The van der Waals surface area contributed by atoms with Crippen LogP contribution in [-0.2, 0) is 10.0 Å². The molecule has 0 fully saturated rings. The maximum Gasteiger partial charge on any atom is 0.242 e. The quantitative estimate of drug-likeness (QED) is 0.823. The number of pyridine rings is 1. The highest BCUT2D eigenvalue weighted by atomic mass is 79.9. The van der Waals surface area contributed by atoms with E-state index in [-0.39, 0.29) is 17.4 Å². The first-order valence-electron chi connectivity index (χ1n) is 5.17. The molecule has 17 heavy (non-hydrogen) atoms. The molecule has 0 aliphatic carbocycles. The van der Waals surface area contributed by atoms with Gasteiger partial charge in [-0.1, -0.05) is 6.92 Å². The van der Waals surface area contributed by atoms with E-state index in [0.717, 1.165) is 0 Å². The number of aliphatic hydroxyl groups is 1. The van der Waals surface area contributed by atoms with Crippen molar-refractivity contribution < 1.29 is 13.5 Å². The van der Waals surface area contributed by atoms with E-state index in [1.807, 2.05) is 6.92 Å². The van der Waals surface area contributed by atoms with Gasteiger partial charge >= 0.3 is 0 Å². The van der Waals surface area contributed by atoms with Crippen LogP contribution >= 0.6 is 15.9 Å². The molecule has 1 unspecified atom stereocenters. The molecule has 0 radical (unpaired) electrons. The SMILES string of the molecule is CC(CCO)CNS(=O)(=O)c1cncc(Br)c1. The number of hydrogen-bond acceptors (Lipinski definition) is 4. The normalized spacial score (nSPS) is 13.6. The molecule has 0 aliphatic heterocycles. The van der Waals surface area contributed by atoms with Gasteiger partial charge in [-0.05, 0) is 34.3 Å². The maximum atomic E-state index is 11.9. The van der Waals surface area contributed by atoms with Crippen LogP contribution in [0, 0.1) is 5.92 Å². The largest absolute Gasteiger partial charge is 0.396 e. The molecule has 0 saturated carbocycles. The minimum atomic E-state index is -3.52. The van der Waals surface area contributed by atoms with E-state index in [9.17, 15) is 8.42 Å². The van der Waals surface area contributed by atoms with Crippen LogP contribution in [0.5, 0.6) is 0 Å². The molecule has 1 aromatic rings. The van der Waals surface area contributed by atoms with Crippen molar-refractivity contribution in [2.45, 2.75) is 18.2 Å². The third-order valence-corrected chi connectivity index (χ3v) is 4.06. The van der Waals surface area contributed by atoms with Crippen molar-refractivity contribution in [2.24, 2.45) is 5.92 Å². The van der Waals surface area contributed by atoms with Crippen LogP contribution in [-0.4, -0.2) is 31.7 Å².